The molecule has 0 radical (unpaired) electrons. The summed E-state index contributed by atoms with van der Waals surface area (Å²) in [6.07, 6.45) is 0. The lowest BCUT2D eigenvalue weighted by Gasteiger charge is -2.23. The van der Waals surface area contributed by atoms with Crippen LogP contribution in [0.3, 0.4) is 0 Å². The van der Waals surface area contributed by atoms with Crippen LogP contribution in [0, 0.1) is 0 Å². The van der Waals surface area contributed by atoms with Crippen molar-refractivity contribution in [3.63, 3.8) is 0 Å². The van der Waals surface area contributed by atoms with E-state index < -0.39 is 0 Å². The zero-order valence-electron chi connectivity index (χ0n) is 9.36. The predicted octanol–water partition coefficient (Wildman–Crippen LogP) is 1.43. The molecule has 0 amide bonds. The summed E-state index contributed by atoms with van der Waals surface area (Å²) in [4.78, 5) is 0. The highest BCUT2D eigenvalue weighted by atomic mass is 16.5. The lowest BCUT2D eigenvalue weighted by Crippen LogP contribution is -2.33. The van der Waals surface area contributed by atoms with Gasteiger partial charge < -0.3 is 15.6 Å². The first-order valence-corrected chi connectivity index (χ1v) is 5.10. The normalized spacial score (nSPS) is 11.7. The largest absolute Gasteiger partial charge is 0.392 e. The Morgan fingerprint density at radius 3 is 2.20 bits per heavy atom. The van der Waals surface area contributed by atoms with Crippen LogP contribution in [-0.4, -0.2) is 17.3 Å². The Morgan fingerprint density at radius 1 is 1.20 bits per heavy atom. The van der Waals surface area contributed by atoms with E-state index in [4.69, 9.17) is 15.6 Å². The minimum atomic E-state index is -0.282. The van der Waals surface area contributed by atoms with E-state index in [1.807, 2.05) is 38.1 Å². The molecule has 0 unspecified atom stereocenters. The molecule has 0 saturated carbocycles. The number of hydrogen-bond acceptors (Lipinski definition) is 3. The van der Waals surface area contributed by atoms with Crippen LogP contribution in [-0.2, 0) is 18.0 Å². The Labute approximate surface area is 90.9 Å². The molecule has 1 aromatic rings. The Morgan fingerprint density at radius 2 is 1.73 bits per heavy atom. The number of benzene rings is 1. The van der Waals surface area contributed by atoms with Gasteiger partial charge >= 0.3 is 0 Å². The van der Waals surface area contributed by atoms with Crippen molar-refractivity contribution in [1.29, 1.82) is 0 Å². The van der Waals surface area contributed by atoms with Gasteiger partial charge in [0.05, 0.1) is 18.8 Å². The summed E-state index contributed by atoms with van der Waals surface area (Å²) in [5.74, 6) is 0. The summed E-state index contributed by atoms with van der Waals surface area (Å²) < 4.78 is 5.65. The molecule has 0 atom stereocenters. The Kier molecular flexibility index (Phi) is 4.27. The molecular formula is C12H19NO2. The summed E-state index contributed by atoms with van der Waals surface area (Å²) >= 11 is 0. The summed E-state index contributed by atoms with van der Waals surface area (Å²) in [6, 6.07) is 7.71. The molecule has 0 spiro atoms. The maximum absolute atomic E-state index is 8.88. The van der Waals surface area contributed by atoms with Crippen LogP contribution in [0.2, 0.25) is 0 Å². The van der Waals surface area contributed by atoms with Crippen LogP contribution in [0.1, 0.15) is 25.0 Å². The van der Waals surface area contributed by atoms with Crippen molar-refractivity contribution in [2.45, 2.75) is 32.7 Å². The van der Waals surface area contributed by atoms with Gasteiger partial charge in [-0.2, -0.15) is 0 Å². The third-order valence-electron chi connectivity index (χ3n) is 2.33. The number of hydrogen-bond donors (Lipinski definition) is 2. The molecule has 84 valence electrons. The van der Waals surface area contributed by atoms with Crippen LogP contribution < -0.4 is 5.73 Å². The smallest absolute Gasteiger partial charge is 0.0752 e. The molecular weight excluding hydrogens is 190 g/mol. The van der Waals surface area contributed by atoms with Crippen molar-refractivity contribution in [3.05, 3.63) is 35.4 Å². The zero-order valence-corrected chi connectivity index (χ0v) is 9.36. The van der Waals surface area contributed by atoms with Gasteiger partial charge in [-0.25, -0.2) is 0 Å². The molecule has 0 bridgehead atoms. The van der Waals surface area contributed by atoms with Gasteiger partial charge in [0.1, 0.15) is 0 Å². The molecule has 3 N–H and O–H groups in total. The fraction of sp³-hybridized carbons (Fsp3) is 0.500. The average Bonchev–Trinajstić information content (AvgIpc) is 2.27. The van der Waals surface area contributed by atoms with Gasteiger partial charge in [-0.1, -0.05) is 24.3 Å². The van der Waals surface area contributed by atoms with E-state index in [1.54, 1.807) is 0 Å². The third kappa shape index (κ3) is 4.00. The minimum Gasteiger partial charge on any atom is -0.392 e. The van der Waals surface area contributed by atoms with Crippen LogP contribution >= 0.6 is 0 Å². The molecule has 0 aliphatic carbocycles. The number of nitrogens with two attached hydrogens (primary N) is 1. The van der Waals surface area contributed by atoms with Crippen molar-refractivity contribution in [1.82, 2.24) is 0 Å². The number of aliphatic hydroxyl groups is 1. The second-order valence-corrected chi connectivity index (χ2v) is 4.23. The minimum absolute atomic E-state index is 0.0788. The average molecular weight is 209 g/mol. The van der Waals surface area contributed by atoms with E-state index in [1.165, 1.54) is 0 Å². The van der Waals surface area contributed by atoms with E-state index in [2.05, 4.69) is 0 Å². The molecule has 1 rings (SSSR count). The molecule has 0 saturated heterocycles. The standard InChI is InChI=1S/C12H19NO2/c1-12(2,9-13)15-8-11-5-3-10(7-14)4-6-11/h3-6,14H,7-9,13H2,1-2H3. The van der Waals surface area contributed by atoms with Gasteiger partial charge in [0.25, 0.3) is 0 Å². The molecule has 0 aliphatic heterocycles. The predicted molar refractivity (Wildman–Crippen MR) is 60.3 cm³/mol. The highest BCUT2D eigenvalue weighted by molar-refractivity contribution is 5.21. The Balaban J connectivity index is 2.51. The zero-order chi connectivity index (χ0) is 11.3. The lowest BCUT2D eigenvalue weighted by molar-refractivity contribution is -0.0222. The summed E-state index contributed by atoms with van der Waals surface area (Å²) in [7, 11) is 0. The van der Waals surface area contributed by atoms with Crippen molar-refractivity contribution >= 4 is 0 Å². The lowest BCUT2D eigenvalue weighted by atomic mass is 10.1. The summed E-state index contributed by atoms with van der Waals surface area (Å²) in [5.41, 5.74) is 7.28. The summed E-state index contributed by atoms with van der Waals surface area (Å²) in [5, 5.41) is 8.88. The van der Waals surface area contributed by atoms with Gasteiger partial charge in [0.15, 0.2) is 0 Å². The Hall–Kier alpha value is -0.900. The molecule has 0 heterocycles. The van der Waals surface area contributed by atoms with E-state index in [0.29, 0.717) is 13.2 Å². The van der Waals surface area contributed by atoms with Crippen LogP contribution in [0.4, 0.5) is 0 Å². The van der Waals surface area contributed by atoms with Crippen LogP contribution in [0.15, 0.2) is 24.3 Å². The second kappa shape index (κ2) is 5.26. The first kappa shape index (κ1) is 12.2. The van der Waals surface area contributed by atoms with Gasteiger partial charge in [0, 0.05) is 6.54 Å². The fourth-order valence-electron chi connectivity index (χ4n) is 1.08. The SMILES string of the molecule is CC(C)(CN)OCc1ccc(CO)cc1. The maximum Gasteiger partial charge on any atom is 0.0752 e. The monoisotopic (exact) mass is 209 g/mol. The highest BCUT2D eigenvalue weighted by Crippen LogP contribution is 2.12. The molecule has 0 aliphatic rings. The molecule has 0 aromatic heterocycles. The van der Waals surface area contributed by atoms with E-state index >= 15 is 0 Å². The summed E-state index contributed by atoms with van der Waals surface area (Å²) in [6.45, 7) is 5.07. The maximum atomic E-state index is 8.88. The molecule has 1 aromatic carbocycles. The van der Waals surface area contributed by atoms with E-state index in [9.17, 15) is 0 Å². The fourth-order valence-corrected chi connectivity index (χ4v) is 1.08. The van der Waals surface area contributed by atoms with Crippen LogP contribution in [0.25, 0.3) is 0 Å². The van der Waals surface area contributed by atoms with E-state index in [-0.39, 0.29) is 12.2 Å². The molecule has 15 heavy (non-hydrogen) atoms. The molecule has 3 nitrogen and oxygen atoms in total. The molecule has 0 fully saturated rings. The van der Waals surface area contributed by atoms with Crippen molar-refractivity contribution < 1.29 is 9.84 Å². The number of ether oxygens (including phenoxy) is 1. The van der Waals surface area contributed by atoms with Gasteiger partial charge in [0.2, 0.25) is 0 Å². The first-order valence-electron chi connectivity index (χ1n) is 5.10. The second-order valence-electron chi connectivity index (χ2n) is 4.23. The number of aliphatic hydroxyl groups excluding tert-OH is 1. The van der Waals surface area contributed by atoms with Gasteiger partial charge in [-0.05, 0) is 25.0 Å². The van der Waals surface area contributed by atoms with Crippen molar-refractivity contribution in [3.8, 4) is 0 Å². The van der Waals surface area contributed by atoms with Crippen molar-refractivity contribution in [2.24, 2.45) is 5.73 Å². The quantitative estimate of drug-likeness (QED) is 0.771. The Bertz CT molecular complexity index is 293. The van der Waals surface area contributed by atoms with Gasteiger partial charge in [-0.3, -0.25) is 0 Å². The van der Waals surface area contributed by atoms with E-state index in [0.717, 1.165) is 11.1 Å². The third-order valence-corrected chi connectivity index (χ3v) is 2.33. The van der Waals surface area contributed by atoms with Crippen molar-refractivity contribution in [2.75, 3.05) is 6.54 Å². The highest BCUT2D eigenvalue weighted by Gasteiger charge is 2.15. The molecule has 3 heteroatoms. The van der Waals surface area contributed by atoms with Gasteiger partial charge in [-0.15, -0.1) is 0 Å². The van der Waals surface area contributed by atoms with Crippen LogP contribution in [0.5, 0.6) is 0 Å². The first-order chi connectivity index (χ1) is 7.07. The number of rotatable bonds is 5. The topological polar surface area (TPSA) is 55.5 Å².